The average molecular weight is 309 g/mol. The SMILES string of the molecule is CC(C)(OC(=O)N1CCC(C(=O)O)CC1)c1ccc(F)cc1. The minimum absolute atomic E-state index is 0.346. The molecule has 0 bridgehead atoms. The van der Waals surface area contributed by atoms with Gasteiger partial charge < -0.3 is 14.7 Å². The number of nitrogens with zero attached hydrogens (tertiary/aromatic N) is 1. The zero-order chi connectivity index (χ0) is 16.3. The Balaban J connectivity index is 1.96. The van der Waals surface area contributed by atoms with E-state index in [1.807, 2.05) is 0 Å². The van der Waals surface area contributed by atoms with E-state index < -0.39 is 23.6 Å². The Labute approximate surface area is 128 Å². The van der Waals surface area contributed by atoms with E-state index in [9.17, 15) is 14.0 Å². The Morgan fingerprint density at radius 2 is 1.77 bits per heavy atom. The maximum absolute atomic E-state index is 13.0. The van der Waals surface area contributed by atoms with Crippen LogP contribution in [-0.4, -0.2) is 35.2 Å². The van der Waals surface area contributed by atoms with Crippen molar-refractivity contribution in [2.24, 2.45) is 5.92 Å². The number of rotatable bonds is 3. The van der Waals surface area contributed by atoms with E-state index >= 15 is 0 Å². The van der Waals surface area contributed by atoms with Gasteiger partial charge in [-0.3, -0.25) is 4.79 Å². The van der Waals surface area contributed by atoms with Crippen LogP contribution in [0.3, 0.4) is 0 Å². The van der Waals surface area contributed by atoms with Crippen LogP contribution in [0.5, 0.6) is 0 Å². The van der Waals surface area contributed by atoms with Crippen molar-refractivity contribution in [2.45, 2.75) is 32.3 Å². The van der Waals surface area contributed by atoms with Gasteiger partial charge >= 0.3 is 12.1 Å². The minimum atomic E-state index is -0.881. The first-order valence-corrected chi connectivity index (χ1v) is 7.26. The number of carboxylic acids is 1. The molecule has 1 N–H and O–H groups in total. The number of benzene rings is 1. The van der Waals surface area contributed by atoms with Crippen LogP contribution in [0.2, 0.25) is 0 Å². The van der Waals surface area contributed by atoms with Crippen LogP contribution >= 0.6 is 0 Å². The second kappa shape index (κ2) is 6.34. The molecule has 1 aliphatic rings. The summed E-state index contributed by atoms with van der Waals surface area (Å²) in [6, 6.07) is 5.81. The summed E-state index contributed by atoms with van der Waals surface area (Å²) in [6.45, 7) is 4.22. The lowest BCUT2D eigenvalue weighted by molar-refractivity contribution is -0.143. The lowest BCUT2D eigenvalue weighted by Crippen LogP contribution is -2.43. The number of ether oxygens (including phenoxy) is 1. The van der Waals surface area contributed by atoms with Gasteiger partial charge in [0.25, 0.3) is 0 Å². The zero-order valence-corrected chi connectivity index (χ0v) is 12.7. The number of aliphatic carboxylic acids is 1. The highest BCUT2D eigenvalue weighted by Gasteiger charge is 2.32. The van der Waals surface area contributed by atoms with E-state index in [-0.39, 0.29) is 5.82 Å². The third-order valence-corrected chi connectivity index (χ3v) is 3.98. The zero-order valence-electron chi connectivity index (χ0n) is 12.7. The van der Waals surface area contributed by atoms with E-state index in [0.29, 0.717) is 31.5 Å². The predicted octanol–water partition coefficient (Wildman–Crippen LogP) is 2.99. The molecule has 0 saturated carbocycles. The number of likely N-dealkylation sites (tertiary alicyclic amines) is 1. The Kier molecular flexibility index (Phi) is 4.68. The number of carbonyl (C=O) groups is 2. The van der Waals surface area contributed by atoms with Crippen molar-refractivity contribution in [2.75, 3.05) is 13.1 Å². The van der Waals surface area contributed by atoms with Gasteiger partial charge in [-0.1, -0.05) is 12.1 Å². The van der Waals surface area contributed by atoms with Crippen molar-refractivity contribution in [1.29, 1.82) is 0 Å². The van der Waals surface area contributed by atoms with Crippen molar-refractivity contribution < 1.29 is 23.8 Å². The summed E-state index contributed by atoms with van der Waals surface area (Å²) in [5.41, 5.74) is -0.184. The molecular weight excluding hydrogens is 289 g/mol. The van der Waals surface area contributed by atoms with Gasteiger partial charge in [0.05, 0.1) is 5.92 Å². The molecule has 5 nitrogen and oxygen atoms in total. The van der Waals surface area contributed by atoms with Gasteiger partial charge in [0, 0.05) is 13.1 Å². The number of carboxylic acid groups (broad SMARTS) is 1. The summed E-state index contributed by atoms with van der Waals surface area (Å²) in [4.78, 5) is 24.6. The molecule has 2 rings (SSSR count). The first kappa shape index (κ1) is 16.3. The van der Waals surface area contributed by atoms with Crippen molar-refractivity contribution in [3.8, 4) is 0 Å². The van der Waals surface area contributed by atoms with Gasteiger partial charge in [0.15, 0.2) is 0 Å². The smallest absolute Gasteiger partial charge is 0.410 e. The van der Waals surface area contributed by atoms with E-state index in [1.54, 1.807) is 26.0 Å². The third kappa shape index (κ3) is 3.75. The summed E-state index contributed by atoms with van der Waals surface area (Å²) >= 11 is 0. The third-order valence-electron chi connectivity index (χ3n) is 3.98. The highest BCUT2D eigenvalue weighted by molar-refractivity contribution is 5.72. The number of hydrogen-bond acceptors (Lipinski definition) is 3. The second-order valence-corrected chi connectivity index (χ2v) is 5.98. The van der Waals surface area contributed by atoms with Crippen LogP contribution in [-0.2, 0) is 15.1 Å². The Morgan fingerprint density at radius 1 is 1.23 bits per heavy atom. The van der Waals surface area contributed by atoms with Gasteiger partial charge in [-0.25, -0.2) is 9.18 Å². The quantitative estimate of drug-likeness (QED) is 0.932. The summed E-state index contributed by atoms with van der Waals surface area (Å²) in [5, 5.41) is 8.96. The molecule has 22 heavy (non-hydrogen) atoms. The first-order valence-electron chi connectivity index (χ1n) is 7.26. The molecule has 1 aromatic rings. The topological polar surface area (TPSA) is 66.8 Å². The van der Waals surface area contributed by atoms with Gasteiger partial charge in [0.2, 0.25) is 0 Å². The molecule has 0 radical (unpaired) electrons. The molecule has 1 heterocycles. The number of hydrogen-bond donors (Lipinski definition) is 1. The second-order valence-electron chi connectivity index (χ2n) is 5.98. The monoisotopic (exact) mass is 309 g/mol. The van der Waals surface area contributed by atoms with Crippen LogP contribution in [0.25, 0.3) is 0 Å². The van der Waals surface area contributed by atoms with Gasteiger partial charge in [-0.2, -0.15) is 0 Å². The predicted molar refractivity (Wildman–Crippen MR) is 77.8 cm³/mol. The molecule has 1 aliphatic heterocycles. The molecule has 1 fully saturated rings. The Morgan fingerprint density at radius 3 is 2.27 bits per heavy atom. The van der Waals surface area contributed by atoms with Crippen LogP contribution in [0.1, 0.15) is 32.3 Å². The summed E-state index contributed by atoms with van der Waals surface area (Å²) in [6.07, 6.45) is 0.390. The molecule has 1 saturated heterocycles. The molecule has 0 unspecified atom stereocenters. The van der Waals surface area contributed by atoms with E-state index in [1.165, 1.54) is 17.0 Å². The Hall–Kier alpha value is -2.11. The normalized spacial score (nSPS) is 16.4. The van der Waals surface area contributed by atoms with E-state index in [2.05, 4.69) is 0 Å². The average Bonchev–Trinajstić information content (AvgIpc) is 2.47. The molecule has 0 atom stereocenters. The molecule has 6 heteroatoms. The van der Waals surface area contributed by atoms with Crippen LogP contribution in [0.4, 0.5) is 9.18 Å². The maximum Gasteiger partial charge on any atom is 0.410 e. The van der Waals surface area contributed by atoms with Crippen molar-refractivity contribution in [3.63, 3.8) is 0 Å². The molecule has 0 aliphatic carbocycles. The van der Waals surface area contributed by atoms with Crippen LogP contribution in [0.15, 0.2) is 24.3 Å². The van der Waals surface area contributed by atoms with Crippen LogP contribution in [0, 0.1) is 11.7 Å². The summed E-state index contributed by atoms with van der Waals surface area (Å²) < 4.78 is 18.5. The highest BCUT2D eigenvalue weighted by atomic mass is 19.1. The summed E-state index contributed by atoms with van der Waals surface area (Å²) in [7, 11) is 0. The lowest BCUT2D eigenvalue weighted by atomic mass is 9.97. The van der Waals surface area contributed by atoms with E-state index in [4.69, 9.17) is 9.84 Å². The number of halogens is 1. The number of piperidine rings is 1. The van der Waals surface area contributed by atoms with Gasteiger partial charge in [-0.15, -0.1) is 0 Å². The fourth-order valence-corrected chi connectivity index (χ4v) is 2.50. The number of amides is 1. The molecule has 0 aromatic heterocycles. The molecule has 120 valence electrons. The highest BCUT2D eigenvalue weighted by Crippen LogP contribution is 2.27. The molecule has 1 amide bonds. The Bertz CT molecular complexity index is 548. The van der Waals surface area contributed by atoms with E-state index in [0.717, 1.165) is 0 Å². The molecule has 1 aromatic carbocycles. The number of carbonyl (C=O) groups excluding carboxylic acids is 1. The van der Waals surface area contributed by atoms with Crippen LogP contribution < -0.4 is 0 Å². The minimum Gasteiger partial charge on any atom is -0.481 e. The summed E-state index contributed by atoms with van der Waals surface area (Å²) in [5.74, 6) is -1.56. The fourth-order valence-electron chi connectivity index (χ4n) is 2.50. The molecule has 0 spiro atoms. The van der Waals surface area contributed by atoms with Gasteiger partial charge in [0.1, 0.15) is 11.4 Å². The first-order chi connectivity index (χ1) is 10.3. The largest absolute Gasteiger partial charge is 0.481 e. The molecular formula is C16H20FNO4. The lowest BCUT2D eigenvalue weighted by Gasteiger charge is -2.33. The van der Waals surface area contributed by atoms with Gasteiger partial charge in [-0.05, 0) is 44.4 Å². The van der Waals surface area contributed by atoms with Crippen molar-refractivity contribution >= 4 is 12.1 Å². The fraction of sp³-hybridized carbons (Fsp3) is 0.500. The maximum atomic E-state index is 13.0. The van der Waals surface area contributed by atoms with Crippen molar-refractivity contribution in [1.82, 2.24) is 4.90 Å². The standard InChI is InChI=1S/C16H20FNO4/c1-16(2,12-3-5-13(17)6-4-12)22-15(21)18-9-7-11(8-10-18)14(19)20/h3-6,11H,7-10H2,1-2H3,(H,19,20). The van der Waals surface area contributed by atoms with Crippen molar-refractivity contribution in [3.05, 3.63) is 35.6 Å².